The van der Waals surface area contributed by atoms with Crippen molar-refractivity contribution in [2.75, 3.05) is 31.1 Å². The number of hydrogen-bond acceptors (Lipinski definition) is 8. The predicted molar refractivity (Wildman–Crippen MR) is 131 cm³/mol. The summed E-state index contributed by atoms with van der Waals surface area (Å²) in [7, 11) is 0. The molecule has 11 nitrogen and oxygen atoms in total. The minimum atomic E-state index is -0.292. The van der Waals surface area contributed by atoms with Crippen molar-refractivity contribution in [1.82, 2.24) is 36.2 Å². The molecule has 3 heterocycles. The van der Waals surface area contributed by atoms with Gasteiger partial charge in [-0.3, -0.25) is 9.59 Å². The molecule has 2 aliphatic heterocycles. The number of para-hydroxylation sites is 1. The third kappa shape index (κ3) is 5.03. The van der Waals surface area contributed by atoms with E-state index in [0.29, 0.717) is 31.2 Å². The largest absolute Gasteiger partial charge is 0.368 e. The van der Waals surface area contributed by atoms with Gasteiger partial charge in [0.05, 0.1) is 12.1 Å². The van der Waals surface area contributed by atoms with Crippen LogP contribution < -0.4 is 15.5 Å². The van der Waals surface area contributed by atoms with Crippen LogP contribution in [0.4, 0.5) is 11.4 Å². The number of carbonyl (C=O) groups is 2. The van der Waals surface area contributed by atoms with Crippen molar-refractivity contribution in [3.8, 4) is 0 Å². The molecule has 0 bridgehead atoms. The molecule has 178 valence electrons. The zero-order valence-corrected chi connectivity index (χ0v) is 19.1. The van der Waals surface area contributed by atoms with Gasteiger partial charge in [0, 0.05) is 49.7 Å². The maximum Gasteiger partial charge on any atom is 0.287 e. The highest BCUT2D eigenvalue weighted by Crippen LogP contribution is 2.27. The van der Waals surface area contributed by atoms with Crippen molar-refractivity contribution in [3.63, 3.8) is 0 Å². The minimum Gasteiger partial charge on any atom is -0.368 e. The molecular formula is C24H25N9O2. The van der Waals surface area contributed by atoms with Crippen LogP contribution in [0.1, 0.15) is 17.0 Å². The number of aromatic nitrogens is 4. The number of tetrazole rings is 1. The van der Waals surface area contributed by atoms with Gasteiger partial charge < -0.3 is 20.4 Å². The molecule has 0 spiro atoms. The summed E-state index contributed by atoms with van der Waals surface area (Å²) < 4.78 is 0. The molecule has 2 amide bonds. The van der Waals surface area contributed by atoms with Crippen LogP contribution >= 0.6 is 0 Å². The average Bonchev–Trinajstić information content (AvgIpc) is 3.40. The molecule has 0 radical (unpaired) electrons. The van der Waals surface area contributed by atoms with Crippen molar-refractivity contribution >= 4 is 34.7 Å². The molecule has 5 rings (SSSR count). The van der Waals surface area contributed by atoms with Crippen molar-refractivity contribution < 1.29 is 9.59 Å². The second-order valence-electron chi connectivity index (χ2n) is 8.31. The highest BCUT2D eigenvalue weighted by molar-refractivity contribution is 6.40. The van der Waals surface area contributed by atoms with E-state index in [1.807, 2.05) is 47.4 Å². The minimum absolute atomic E-state index is 0.00736. The van der Waals surface area contributed by atoms with Crippen molar-refractivity contribution in [2.24, 2.45) is 4.99 Å². The Morgan fingerprint density at radius 1 is 1.06 bits per heavy atom. The van der Waals surface area contributed by atoms with E-state index in [0.717, 1.165) is 35.6 Å². The van der Waals surface area contributed by atoms with E-state index in [1.54, 1.807) is 0 Å². The first-order valence-corrected chi connectivity index (χ1v) is 11.3. The topological polar surface area (TPSA) is 132 Å². The van der Waals surface area contributed by atoms with Crippen LogP contribution in [-0.4, -0.2) is 69.4 Å². The summed E-state index contributed by atoms with van der Waals surface area (Å²) in [6.07, 6.45) is 0.144. The third-order valence-electron chi connectivity index (χ3n) is 6.01. The fourth-order valence-electron chi connectivity index (χ4n) is 4.14. The first kappa shape index (κ1) is 22.3. The summed E-state index contributed by atoms with van der Waals surface area (Å²) in [6, 6.07) is 15.6. The lowest BCUT2D eigenvalue weighted by molar-refractivity contribution is -0.130. The van der Waals surface area contributed by atoms with E-state index in [1.165, 1.54) is 0 Å². The van der Waals surface area contributed by atoms with Crippen LogP contribution in [-0.2, 0) is 22.6 Å². The molecule has 0 aliphatic carbocycles. The van der Waals surface area contributed by atoms with E-state index in [9.17, 15) is 9.59 Å². The van der Waals surface area contributed by atoms with Crippen molar-refractivity contribution in [3.05, 3.63) is 72.1 Å². The molecule has 1 aromatic heterocycles. The number of benzene rings is 2. The van der Waals surface area contributed by atoms with Crippen LogP contribution in [0.15, 0.2) is 60.1 Å². The van der Waals surface area contributed by atoms with Gasteiger partial charge in [0.1, 0.15) is 0 Å². The van der Waals surface area contributed by atoms with Gasteiger partial charge in [0.15, 0.2) is 11.7 Å². The summed E-state index contributed by atoms with van der Waals surface area (Å²) in [5.74, 6) is 0.327. The summed E-state index contributed by atoms with van der Waals surface area (Å²) in [5.41, 5.74) is 4.28. The SMILES string of the molecule is C=C1NC(C(=O)NCc2cccc(N3CCN(C(=O)Cc4nn[nH]n4)CC3)c2)=Nc2ccccc21. The summed E-state index contributed by atoms with van der Waals surface area (Å²) in [4.78, 5) is 33.7. The van der Waals surface area contributed by atoms with Crippen LogP contribution in [0, 0.1) is 0 Å². The molecule has 0 saturated carbocycles. The molecule has 3 aromatic rings. The molecule has 35 heavy (non-hydrogen) atoms. The number of amides is 2. The number of aromatic amines is 1. The highest BCUT2D eigenvalue weighted by Gasteiger charge is 2.23. The summed E-state index contributed by atoms with van der Waals surface area (Å²) >= 11 is 0. The van der Waals surface area contributed by atoms with Crippen LogP contribution in [0.3, 0.4) is 0 Å². The zero-order valence-electron chi connectivity index (χ0n) is 19.1. The summed E-state index contributed by atoms with van der Waals surface area (Å²) in [6.45, 7) is 7.03. The number of rotatable bonds is 6. The molecule has 2 aromatic carbocycles. The molecule has 2 aliphatic rings. The molecular weight excluding hydrogens is 446 g/mol. The van der Waals surface area contributed by atoms with Gasteiger partial charge in [0.25, 0.3) is 5.91 Å². The Labute approximate surface area is 201 Å². The smallest absolute Gasteiger partial charge is 0.287 e. The number of nitrogens with zero attached hydrogens (tertiary/aromatic N) is 6. The molecule has 0 atom stereocenters. The molecule has 11 heteroatoms. The van der Waals surface area contributed by atoms with Crippen LogP contribution in [0.25, 0.3) is 5.70 Å². The van der Waals surface area contributed by atoms with E-state index in [-0.39, 0.29) is 24.1 Å². The van der Waals surface area contributed by atoms with Gasteiger partial charge in [-0.15, -0.1) is 10.2 Å². The predicted octanol–water partition coefficient (Wildman–Crippen LogP) is 1.01. The number of piperazine rings is 1. The normalized spacial score (nSPS) is 15.2. The quantitative estimate of drug-likeness (QED) is 0.489. The fraction of sp³-hybridized carbons (Fsp3) is 0.250. The molecule has 1 fully saturated rings. The number of amidine groups is 1. The number of carbonyl (C=O) groups excluding carboxylic acids is 2. The Morgan fingerprint density at radius 3 is 2.69 bits per heavy atom. The van der Waals surface area contributed by atoms with Gasteiger partial charge in [-0.2, -0.15) is 5.21 Å². The standard InChI is InChI=1S/C24H25N9O2/c1-16-19-7-2-3-8-20(19)27-23(26-16)24(35)25-15-17-5-4-6-18(13-17)32-9-11-33(12-10-32)22(34)14-21-28-30-31-29-21/h2-8,13H,1,9-12,14-15H2,(H,25,35)(H,26,27)(H,28,29,30,31). The van der Waals surface area contributed by atoms with Gasteiger partial charge in [-0.25, -0.2) is 4.99 Å². The Bertz CT molecular complexity index is 1280. The Hall–Kier alpha value is -4.54. The number of aliphatic imine (C=N–C) groups is 1. The number of fused-ring (bicyclic) bond motifs is 1. The fourth-order valence-corrected chi connectivity index (χ4v) is 4.14. The zero-order chi connectivity index (χ0) is 24.2. The van der Waals surface area contributed by atoms with E-state index in [2.05, 4.69) is 53.8 Å². The van der Waals surface area contributed by atoms with E-state index in [4.69, 9.17) is 0 Å². The number of anilines is 1. The van der Waals surface area contributed by atoms with Gasteiger partial charge >= 0.3 is 0 Å². The third-order valence-corrected chi connectivity index (χ3v) is 6.01. The number of nitrogens with one attached hydrogen (secondary N) is 3. The number of H-pyrrole nitrogens is 1. The molecule has 0 unspecified atom stereocenters. The monoisotopic (exact) mass is 471 g/mol. The lowest BCUT2D eigenvalue weighted by Crippen LogP contribution is -2.49. The highest BCUT2D eigenvalue weighted by atomic mass is 16.2. The van der Waals surface area contributed by atoms with Crippen LogP contribution in [0.5, 0.6) is 0 Å². The maximum absolute atomic E-state index is 12.7. The van der Waals surface area contributed by atoms with E-state index < -0.39 is 0 Å². The lowest BCUT2D eigenvalue weighted by atomic mass is 10.1. The Morgan fingerprint density at radius 2 is 1.89 bits per heavy atom. The lowest BCUT2D eigenvalue weighted by Gasteiger charge is -2.36. The maximum atomic E-state index is 12.7. The van der Waals surface area contributed by atoms with Gasteiger partial charge in [-0.05, 0) is 23.8 Å². The summed E-state index contributed by atoms with van der Waals surface area (Å²) in [5, 5.41) is 19.5. The first-order chi connectivity index (χ1) is 17.1. The second kappa shape index (κ2) is 9.75. The Balaban J connectivity index is 1.16. The van der Waals surface area contributed by atoms with Crippen molar-refractivity contribution in [2.45, 2.75) is 13.0 Å². The van der Waals surface area contributed by atoms with Crippen molar-refractivity contribution in [1.29, 1.82) is 0 Å². The molecule has 1 saturated heterocycles. The van der Waals surface area contributed by atoms with Crippen LogP contribution in [0.2, 0.25) is 0 Å². The average molecular weight is 472 g/mol. The van der Waals surface area contributed by atoms with E-state index >= 15 is 0 Å². The van der Waals surface area contributed by atoms with Gasteiger partial charge in [-0.1, -0.05) is 42.1 Å². The number of hydrogen-bond donors (Lipinski definition) is 3. The second-order valence-corrected chi connectivity index (χ2v) is 8.31. The van der Waals surface area contributed by atoms with Gasteiger partial charge in [0.2, 0.25) is 5.91 Å². The Kier molecular flexibility index (Phi) is 6.20. The first-order valence-electron chi connectivity index (χ1n) is 11.3. The molecule has 3 N–H and O–H groups in total.